The Morgan fingerprint density at radius 2 is 2.00 bits per heavy atom. The Morgan fingerprint density at radius 3 is 2.74 bits per heavy atom. The van der Waals surface area contributed by atoms with Gasteiger partial charge in [0.25, 0.3) is 0 Å². The van der Waals surface area contributed by atoms with Gasteiger partial charge in [-0.2, -0.15) is 5.10 Å². The molecule has 0 saturated heterocycles. The molecule has 0 aliphatic carbocycles. The summed E-state index contributed by atoms with van der Waals surface area (Å²) in [5.74, 6) is 0. The zero-order valence-electron chi connectivity index (χ0n) is 13.0. The Kier molecular flexibility index (Phi) is 5.00. The van der Waals surface area contributed by atoms with Gasteiger partial charge in [0.2, 0.25) is 0 Å². The minimum atomic E-state index is 0.672. The molecule has 23 heavy (non-hydrogen) atoms. The third-order valence-electron chi connectivity index (χ3n) is 3.24. The molecule has 0 aliphatic rings. The minimum absolute atomic E-state index is 0.672. The van der Waals surface area contributed by atoms with Gasteiger partial charge in [-0.25, -0.2) is 9.67 Å². The molecule has 4 nitrogen and oxygen atoms in total. The number of nitrogens with zero attached hydrogens (tertiary/aromatic N) is 3. The molecule has 0 unspecified atom stereocenters. The summed E-state index contributed by atoms with van der Waals surface area (Å²) in [6, 6.07) is 15.8. The minimum Gasteiger partial charge on any atom is -0.314 e. The summed E-state index contributed by atoms with van der Waals surface area (Å²) in [5, 5.41) is 10.4. The summed E-state index contributed by atoms with van der Waals surface area (Å²) in [6.07, 6.45) is 0. The standard InChI is InChI=1S/C17H17ClN4S/c1-12-6-5-9-16(20-12)23-17-10-13(11-19-2)21-22(17)15-8-4-3-7-14(15)18/h3-10,19H,11H2,1-2H3. The average Bonchev–Trinajstić information content (AvgIpc) is 2.90. The summed E-state index contributed by atoms with van der Waals surface area (Å²) >= 11 is 7.93. The number of hydrogen-bond donors (Lipinski definition) is 1. The van der Waals surface area contributed by atoms with E-state index in [9.17, 15) is 0 Å². The van der Waals surface area contributed by atoms with Crippen molar-refractivity contribution in [2.45, 2.75) is 23.5 Å². The van der Waals surface area contributed by atoms with Crippen LogP contribution in [0.1, 0.15) is 11.4 Å². The lowest BCUT2D eigenvalue weighted by Crippen LogP contribution is -2.06. The van der Waals surface area contributed by atoms with E-state index < -0.39 is 0 Å². The number of aromatic nitrogens is 3. The highest BCUT2D eigenvalue weighted by molar-refractivity contribution is 7.99. The van der Waals surface area contributed by atoms with E-state index in [0.29, 0.717) is 11.6 Å². The van der Waals surface area contributed by atoms with E-state index in [2.05, 4.69) is 21.5 Å². The fraction of sp³-hybridized carbons (Fsp3) is 0.176. The van der Waals surface area contributed by atoms with Gasteiger partial charge in [-0.05, 0) is 56.1 Å². The van der Waals surface area contributed by atoms with Gasteiger partial charge < -0.3 is 5.32 Å². The summed E-state index contributed by atoms with van der Waals surface area (Å²) < 4.78 is 1.88. The van der Waals surface area contributed by atoms with Crippen molar-refractivity contribution in [2.75, 3.05) is 7.05 Å². The van der Waals surface area contributed by atoms with Crippen LogP contribution in [0.3, 0.4) is 0 Å². The molecule has 0 fully saturated rings. The molecular weight excluding hydrogens is 328 g/mol. The monoisotopic (exact) mass is 344 g/mol. The normalized spacial score (nSPS) is 10.9. The Labute approximate surface area is 144 Å². The maximum atomic E-state index is 6.34. The first kappa shape index (κ1) is 16.1. The molecule has 0 saturated carbocycles. The number of aryl methyl sites for hydroxylation is 1. The molecule has 0 bridgehead atoms. The van der Waals surface area contributed by atoms with Crippen molar-refractivity contribution in [1.82, 2.24) is 20.1 Å². The van der Waals surface area contributed by atoms with E-state index in [-0.39, 0.29) is 0 Å². The molecule has 2 aromatic heterocycles. The van der Waals surface area contributed by atoms with Crippen LogP contribution in [0.2, 0.25) is 5.02 Å². The van der Waals surface area contributed by atoms with E-state index in [0.717, 1.165) is 27.1 Å². The Balaban J connectivity index is 2.03. The molecule has 6 heteroatoms. The largest absolute Gasteiger partial charge is 0.314 e. The lowest BCUT2D eigenvalue weighted by molar-refractivity contribution is 0.739. The van der Waals surface area contributed by atoms with Crippen LogP contribution >= 0.6 is 23.4 Å². The van der Waals surface area contributed by atoms with E-state index in [1.54, 1.807) is 11.8 Å². The summed E-state index contributed by atoms with van der Waals surface area (Å²) in [4.78, 5) is 4.55. The van der Waals surface area contributed by atoms with Crippen molar-refractivity contribution in [2.24, 2.45) is 0 Å². The van der Waals surface area contributed by atoms with Gasteiger partial charge in [-0.15, -0.1) is 0 Å². The predicted octanol–water partition coefficient (Wildman–Crippen LogP) is 4.10. The van der Waals surface area contributed by atoms with Crippen LogP contribution in [0.15, 0.2) is 58.6 Å². The lowest BCUT2D eigenvalue weighted by Gasteiger charge is -2.08. The summed E-state index contributed by atoms with van der Waals surface area (Å²) in [7, 11) is 1.91. The third kappa shape index (κ3) is 3.75. The van der Waals surface area contributed by atoms with Crippen LogP contribution in [0, 0.1) is 6.92 Å². The van der Waals surface area contributed by atoms with Crippen molar-refractivity contribution in [3.63, 3.8) is 0 Å². The van der Waals surface area contributed by atoms with Crippen LogP contribution < -0.4 is 5.32 Å². The molecule has 118 valence electrons. The second kappa shape index (κ2) is 7.17. The summed E-state index contributed by atoms with van der Waals surface area (Å²) in [5.41, 5.74) is 2.82. The van der Waals surface area contributed by atoms with Gasteiger partial charge in [0, 0.05) is 12.2 Å². The number of rotatable bonds is 5. The second-order valence-corrected chi connectivity index (χ2v) is 6.53. The Hall–Kier alpha value is -1.82. The van der Waals surface area contributed by atoms with Gasteiger partial charge >= 0.3 is 0 Å². The third-order valence-corrected chi connectivity index (χ3v) is 4.49. The molecule has 0 atom stereocenters. The van der Waals surface area contributed by atoms with E-state index in [1.807, 2.05) is 61.1 Å². The van der Waals surface area contributed by atoms with Crippen molar-refractivity contribution in [3.8, 4) is 5.69 Å². The van der Waals surface area contributed by atoms with Crippen molar-refractivity contribution in [1.29, 1.82) is 0 Å². The second-order valence-electron chi connectivity index (χ2n) is 5.09. The molecule has 1 aromatic carbocycles. The average molecular weight is 345 g/mol. The van der Waals surface area contributed by atoms with Crippen molar-refractivity contribution >= 4 is 23.4 Å². The maximum absolute atomic E-state index is 6.34. The smallest absolute Gasteiger partial charge is 0.106 e. The number of halogens is 1. The quantitative estimate of drug-likeness (QED) is 0.756. The van der Waals surface area contributed by atoms with Crippen LogP contribution in [-0.4, -0.2) is 21.8 Å². The number of nitrogens with one attached hydrogen (secondary N) is 1. The van der Waals surface area contributed by atoms with Gasteiger partial charge in [-0.1, -0.05) is 29.8 Å². The predicted molar refractivity (Wildman–Crippen MR) is 94.4 cm³/mol. The topological polar surface area (TPSA) is 42.7 Å². The molecule has 0 spiro atoms. The van der Waals surface area contributed by atoms with Crippen molar-refractivity contribution in [3.05, 3.63) is 64.9 Å². The molecule has 2 heterocycles. The molecule has 3 aromatic rings. The Morgan fingerprint density at radius 1 is 1.17 bits per heavy atom. The SMILES string of the molecule is CNCc1cc(Sc2cccc(C)n2)n(-c2ccccc2Cl)n1. The van der Waals surface area contributed by atoms with E-state index in [1.165, 1.54) is 0 Å². The molecule has 0 amide bonds. The van der Waals surface area contributed by atoms with Crippen LogP contribution in [-0.2, 0) is 6.54 Å². The number of benzene rings is 1. The van der Waals surface area contributed by atoms with Crippen LogP contribution in [0.25, 0.3) is 5.69 Å². The van der Waals surface area contributed by atoms with Gasteiger partial charge in [0.15, 0.2) is 0 Å². The fourth-order valence-corrected chi connectivity index (χ4v) is 3.42. The zero-order chi connectivity index (χ0) is 16.2. The molecule has 1 N–H and O–H groups in total. The van der Waals surface area contributed by atoms with Crippen LogP contribution in [0.4, 0.5) is 0 Å². The molecule has 0 radical (unpaired) electrons. The highest BCUT2D eigenvalue weighted by Crippen LogP contribution is 2.31. The first-order valence-corrected chi connectivity index (χ1v) is 8.47. The molecular formula is C17H17ClN4S. The maximum Gasteiger partial charge on any atom is 0.106 e. The van der Waals surface area contributed by atoms with Crippen molar-refractivity contribution < 1.29 is 0 Å². The highest BCUT2D eigenvalue weighted by atomic mass is 35.5. The first-order chi connectivity index (χ1) is 11.2. The first-order valence-electron chi connectivity index (χ1n) is 7.27. The van der Waals surface area contributed by atoms with Gasteiger partial charge in [0.05, 0.1) is 16.4 Å². The number of pyridine rings is 1. The van der Waals surface area contributed by atoms with Gasteiger partial charge in [0.1, 0.15) is 10.1 Å². The fourth-order valence-electron chi connectivity index (χ4n) is 2.23. The Bertz CT molecular complexity index is 816. The molecule has 3 rings (SSSR count). The van der Waals surface area contributed by atoms with Gasteiger partial charge in [-0.3, -0.25) is 0 Å². The number of para-hydroxylation sites is 1. The summed E-state index contributed by atoms with van der Waals surface area (Å²) in [6.45, 7) is 2.69. The van der Waals surface area contributed by atoms with E-state index in [4.69, 9.17) is 11.6 Å². The zero-order valence-corrected chi connectivity index (χ0v) is 14.5. The number of hydrogen-bond acceptors (Lipinski definition) is 4. The molecule has 0 aliphatic heterocycles. The van der Waals surface area contributed by atoms with E-state index >= 15 is 0 Å². The highest BCUT2D eigenvalue weighted by Gasteiger charge is 2.13. The van der Waals surface area contributed by atoms with Crippen LogP contribution in [0.5, 0.6) is 0 Å². The lowest BCUT2D eigenvalue weighted by atomic mass is 10.3.